The Morgan fingerprint density at radius 1 is 1.15 bits per heavy atom. The van der Waals surface area contributed by atoms with E-state index < -0.39 is 5.95 Å². The van der Waals surface area contributed by atoms with Crippen LogP contribution in [0, 0.1) is 11.9 Å². The molecule has 0 N–H and O–H groups in total. The van der Waals surface area contributed by atoms with E-state index in [2.05, 4.69) is 4.98 Å². The summed E-state index contributed by atoms with van der Waals surface area (Å²) in [5, 5.41) is 0. The van der Waals surface area contributed by atoms with Crippen molar-refractivity contribution in [3.05, 3.63) is 29.8 Å². The van der Waals surface area contributed by atoms with Gasteiger partial charge >= 0.3 is 0 Å². The van der Waals surface area contributed by atoms with Gasteiger partial charge in [0.2, 0.25) is 11.9 Å². The lowest BCUT2D eigenvalue weighted by Gasteiger charge is -2.35. The van der Waals surface area contributed by atoms with Crippen LogP contribution >= 0.6 is 0 Å². The first-order valence-electron chi connectivity index (χ1n) is 6.68. The van der Waals surface area contributed by atoms with Crippen molar-refractivity contribution in [3.63, 3.8) is 0 Å². The van der Waals surface area contributed by atoms with E-state index in [0.29, 0.717) is 31.7 Å². The van der Waals surface area contributed by atoms with Gasteiger partial charge in [0, 0.05) is 38.3 Å². The minimum absolute atomic E-state index is 0.0291. The van der Waals surface area contributed by atoms with Crippen LogP contribution < -0.4 is 0 Å². The molecular formula is C14H18FN3O2. The van der Waals surface area contributed by atoms with Gasteiger partial charge in [0.15, 0.2) is 0 Å². The summed E-state index contributed by atoms with van der Waals surface area (Å²) in [6.45, 7) is 5.80. The fraction of sp³-hybridized carbons (Fsp3) is 0.500. The van der Waals surface area contributed by atoms with Crippen molar-refractivity contribution < 1.29 is 14.0 Å². The number of carbonyl (C=O) groups excluding carboxylic acids is 2. The number of hydrogen-bond donors (Lipinski definition) is 0. The summed E-state index contributed by atoms with van der Waals surface area (Å²) < 4.78 is 12.7. The van der Waals surface area contributed by atoms with Crippen LogP contribution in [0.1, 0.15) is 24.2 Å². The molecule has 2 rings (SSSR count). The Morgan fingerprint density at radius 3 is 2.25 bits per heavy atom. The second-order valence-corrected chi connectivity index (χ2v) is 5.14. The summed E-state index contributed by atoms with van der Waals surface area (Å²) in [5.41, 5.74) is 0.370. The molecule has 1 fully saturated rings. The highest BCUT2D eigenvalue weighted by Gasteiger charge is 2.25. The highest BCUT2D eigenvalue weighted by Crippen LogP contribution is 2.10. The number of piperazine rings is 1. The van der Waals surface area contributed by atoms with Gasteiger partial charge in [-0.15, -0.1) is 0 Å². The molecule has 1 aliphatic rings. The highest BCUT2D eigenvalue weighted by molar-refractivity contribution is 5.94. The van der Waals surface area contributed by atoms with E-state index in [1.54, 1.807) is 9.80 Å². The lowest BCUT2D eigenvalue weighted by atomic mass is 10.1. The average Bonchev–Trinajstić information content (AvgIpc) is 2.46. The van der Waals surface area contributed by atoms with Crippen molar-refractivity contribution in [1.29, 1.82) is 0 Å². The van der Waals surface area contributed by atoms with Gasteiger partial charge < -0.3 is 9.80 Å². The SMILES string of the molecule is CC(C)C(=O)N1CCN(C(=O)c2ccc(F)nc2)CC1. The molecule has 0 saturated carbocycles. The molecule has 6 heteroatoms. The van der Waals surface area contributed by atoms with Crippen LogP contribution in [-0.4, -0.2) is 52.8 Å². The Morgan fingerprint density at radius 2 is 1.75 bits per heavy atom. The molecule has 0 aliphatic carbocycles. The van der Waals surface area contributed by atoms with Crippen molar-refractivity contribution in [2.24, 2.45) is 5.92 Å². The third kappa shape index (κ3) is 3.12. The van der Waals surface area contributed by atoms with Gasteiger partial charge in [0.05, 0.1) is 5.56 Å². The Hall–Kier alpha value is -1.98. The predicted molar refractivity (Wildman–Crippen MR) is 71.5 cm³/mol. The Balaban J connectivity index is 1.95. The molecule has 108 valence electrons. The van der Waals surface area contributed by atoms with Crippen molar-refractivity contribution in [2.75, 3.05) is 26.2 Å². The molecule has 1 aliphatic heterocycles. The molecule has 0 atom stereocenters. The molecule has 1 aromatic rings. The number of pyridine rings is 1. The van der Waals surface area contributed by atoms with Crippen LogP contribution in [0.3, 0.4) is 0 Å². The van der Waals surface area contributed by atoms with Crippen LogP contribution in [0.2, 0.25) is 0 Å². The van der Waals surface area contributed by atoms with Crippen LogP contribution in [0.15, 0.2) is 18.3 Å². The van der Waals surface area contributed by atoms with Gasteiger partial charge in [-0.1, -0.05) is 13.8 Å². The fourth-order valence-corrected chi connectivity index (χ4v) is 2.18. The number of aromatic nitrogens is 1. The molecule has 1 aromatic heterocycles. The van der Waals surface area contributed by atoms with Crippen molar-refractivity contribution in [1.82, 2.24) is 14.8 Å². The quantitative estimate of drug-likeness (QED) is 0.763. The topological polar surface area (TPSA) is 53.5 Å². The van der Waals surface area contributed by atoms with Gasteiger partial charge in [0.1, 0.15) is 0 Å². The molecule has 0 bridgehead atoms. The minimum Gasteiger partial charge on any atom is -0.339 e. The van der Waals surface area contributed by atoms with Gasteiger partial charge in [-0.3, -0.25) is 9.59 Å². The second-order valence-electron chi connectivity index (χ2n) is 5.14. The van der Waals surface area contributed by atoms with Gasteiger partial charge in [-0.05, 0) is 12.1 Å². The number of amides is 2. The molecule has 2 amide bonds. The van der Waals surface area contributed by atoms with E-state index in [-0.39, 0.29) is 17.7 Å². The van der Waals surface area contributed by atoms with Crippen LogP contribution in [0.4, 0.5) is 4.39 Å². The summed E-state index contributed by atoms with van der Waals surface area (Å²) >= 11 is 0. The molecule has 0 radical (unpaired) electrons. The summed E-state index contributed by atoms with van der Waals surface area (Å²) in [6.07, 6.45) is 1.24. The molecule has 1 saturated heterocycles. The molecule has 20 heavy (non-hydrogen) atoms. The normalized spacial score (nSPS) is 15.6. The molecule has 5 nitrogen and oxygen atoms in total. The lowest BCUT2D eigenvalue weighted by molar-refractivity contribution is -0.135. The maximum atomic E-state index is 12.7. The largest absolute Gasteiger partial charge is 0.339 e. The summed E-state index contributed by atoms with van der Waals surface area (Å²) in [7, 11) is 0. The number of halogens is 1. The molecule has 0 unspecified atom stereocenters. The van der Waals surface area contributed by atoms with E-state index in [1.165, 1.54) is 18.3 Å². The molecule has 0 aromatic carbocycles. The molecule has 0 spiro atoms. The van der Waals surface area contributed by atoms with Gasteiger partial charge in [-0.2, -0.15) is 4.39 Å². The zero-order chi connectivity index (χ0) is 14.7. The van der Waals surface area contributed by atoms with Gasteiger partial charge in [-0.25, -0.2) is 4.98 Å². The standard InChI is InChI=1S/C14H18FN3O2/c1-10(2)13(19)17-5-7-18(8-6-17)14(20)11-3-4-12(15)16-9-11/h3-4,9-10H,5-8H2,1-2H3. The summed E-state index contributed by atoms with van der Waals surface area (Å²) in [6, 6.07) is 2.60. The van der Waals surface area contributed by atoms with Crippen LogP contribution in [-0.2, 0) is 4.79 Å². The predicted octanol–water partition coefficient (Wildman–Crippen LogP) is 1.16. The molecular weight excluding hydrogens is 261 g/mol. The number of nitrogens with zero attached hydrogens (tertiary/aromatic N) is 3. The lowest BCUT2D eigenvalue weighted by Crippen LogP contribution is -2.51. The smallest absolute Gasteiger partial charge is 0.255 e. The first kappa shape index (κ1) is 14.4. The van der Waals surface area contributed by atoms with E-state index in [9.17, 15) is 14.0 Å². The third-order valence-electron chi connectivity index (χ3n) is 3.35. The van der Waals surface area contributed by atoms with Crippen LogP contribution in [0.5, 0.6) is 0 Å². The average molecular weight is 279 g/mol. The van der Waals surface area contributed by atoms with E-state index >= 15 is 0 Å². The first-order chi connectivity index (χ1) is 9.49. The zero-order valence-corrected chi connectivity index (χ0v) is 11.7. The zero-order valence-electron chi connectivity index (χ0n) is 11.7. The Bertz CT molecular complexity index is 494. The maximum Gasteiger partial charge on any atom is 0.255 e. The van der Waals surface area contributed by atoms with E-state index in [1.807, 2.05) is 13.8 Å². The Kier molecular flexibility index (Phi) is 4.32. The number of carbonyl (C=O) groups is 2. The summed E-state index contributed by atoms with van der Waals surface area (Å²) in [5.74, 6) is -0.692. The maximum absolute atomic E-state index is 12.7. The van der Waals surface area contributed by atoms with E-state index in [4.69, 9.17) is 0 Å². The second kappa shape index (κ2) is 5.98. The monoisotopic (exact) mass is 279 g/mol. The fourth-order valence-electron chi connectivity index (χ4n) is 2.18. The number of rotatable bonds is 2. The third-order valence-corrected chi connectivity index (χ3v) is 3.35. The molecule has 2 heterocycles. The van der Waals surface area contributed by atoms with Crippen molar-refractivity contribution >= 4 is 11.8 Å². The highest BCUT2D eigenvalue weighted by atomic mass is 19.1. The number of hydrogen-bond acceptors (Lipinski definition) is 3. The summed E-state index contributed by atoms with van der Waals surface area (Å²) in [4.78, 5) is 31.0. The van der Waals surface area contributed by atoms with Crippen LogP contribution in [0.25, 0.3) is 0 Å². The van der Waals surface area contributed by atoms with E-state index in [0.717, 1.165) is 0 Å². The van der Waals surface area contributed by atoms with Crippen molar-refractivity contribution in [3.8, 4) is 0 Å². The van der Waals surface area contributed by atoms with Gasteiger partial charge in [0.25, 0.3) is 5.91 Å². The Labute approximate surface area is 117 Å². The minimum atomic E-state index is -0.603. The van der Waals surface area contributed by atoms with Crippen molar-refractivity contribution in [2.45, 2.75) is 13.8 Å². The first-order valence-corrected chi connectivity index (χ1v) is 6.68.